The first-order valence-electron chi connectivity index (χ1n) is 8.60. The van der Waals surface area contributed by atoms with Crippen LogP contribution in [0.2, 0.25) is 0 Å². The summed E-state index contributed by atoms with van der Waals surface area (Å²) in [5.74, 6) is 0.909. The van der Waals surface area contributed by atoms with Crippen LogP contribution in [0.1, 0.15) is 6.92 Å². The third-order valence-electron chi connectivity index (χ3n) is 4.47. The van der Waals surface area contributed by atoms with Crippen molar-refractivity contribution in [3.8, 4) is 5.75 Å². The minimum Gasteiger partial charge on any atom is -0.491 e. The van der Waals surface area contributed by atoms with Crippen molar-refractivity contribution >= 4 is 5.69 Å². The first-order chi connectivity index (χ1) is 11.2. The standard InChI is InChI=1S/C18H31N3O2/c1-4-19(2)9-10-20-11-13-21(14-12-20)17-5-7-18(8-6-17)23-16-15-22-3/h5-8H,4,9-16H2,1-3H3. The molecule has 0 bridgehead atoms. The number of nitrogens with zero attached hydrogens (tertiary/aromatic N) is 3. The van der Waals surface area contributed by atoms with Crippen LogP contribution in [0, 0.1) is 0 Å². The van der Waals surface area contributed by atoms with Crippen LogP contribution >= 0.6 is 0 Å². The van der Waals surface area contributed by atoms with Crippen molar-refractivity contribution in [2.24, 2.45) is 0 Å². The van der Waals surface area contributed by atoms with Gasteiger partial charge >= 0.3 is 0 Å². The van der Waals surface area contributed by atoms with E-state index in [2.05, 4.69) is 40.8 Å². The summed E-state index contributed by atoms with van der Waals surface area (Å²) < 4.78 is 10.6. The molecule has 0 amide bonds. The monoisotopic (exact) mass is 321 g/mol. The molecule has 5 nitrogen and oxygen atoms in total. The second kappa shape index (κ2) is 9.75. The van der Waals surface area contributed by atoms with Crippen molar-refractivity contribution < 1.29 is 9.47 Å². The van der Waals surface area contributed by atoms with Gasteiger partial charge in [0.15, 0.2) is 0 Å². The molecule has 0 saturated carbocycles. The van der Waals surface area contributed by atoms with Crippen molar-refractivity contribution in [2.45, 2.75) is 6.92 Å². The van der Waals surface area contributed by atoms with Gasteiger partial charge in [-0.05, 0) is 37.9 Å². The number of hydrogen-bond acceptors (Lipinski definition) is 5. The molecule has 0 atom stereocenters. The van der Waals surface area contributed by atoms with Gasteiger partial charge in [-0.15, -0.1) is 0 Å². The topological polar surface area (TPSA) is 28.2 Å². The Kier molecular flexibility index (Phi) is 7.65. The summed E-state index contributed by atoms with van der Waals surface area (Å²) >= 11 is 0. The van der Waals surface area contributed by atoms with E-state index in [1.165, 1.54) is 12.2 Å². The Morgan fingerprint density at radius 3 is 2.35 bits per heavy atom. The lowest BCUT2D eigenvalue weighted by atomic mass is 10.2. The van der Waals surface area contributed by atoms with Gasteiger partial charge in [-0.25, -0.2) is 0 Å². The molecule has 1 aliphatic rings. The highest BCUT2D eigenvalue weighted by molar-refractivity contribution is 5.49. The van der Waals surface area contributed by atoms with Crippen LogP contribution < -0.4 is 9.64 Å². The predicted molar refractivity (Wildman–Crippen MR) is 95.6 cm³/mol. The first kappa shape index (κ1) is 18.0. The zero-order valence-electron chi connectivity index (χ0n) is 14.8. The van der Waals surface area contributed by atoms with Gasteiger partial charge < -0.3 is 19.3 Å². The van der Waals surface area contributed by atoms with E-state index >= 15 is 0 Å². The van der Waals surface area contributed by atoms with Crippen LogP contribution in [0.3, 0.4) is 0 Å². The van der Waals surface area contributed by atoms with Crippen molar-refractivity contribution in [2.75, 3.05) is 78.1 Å². The highest BCUT2D eigenvalue weighted by atomic mass is 16.5. The zero-order valence-corrected chi connectivity index (χ0v) is 14.8. The summed E-state index contributed by atoms with van der Waals surface area (Å²) in [6, 6.07) is 8.41. The number of hydrogen-bond donors (Lipinski definition) is 0. The van der Waals surface area contributed by atoms with Gasteiger partial charge in [0.25, 0.3) is 0 Å². The molecule has 1 aromatic rings. The summed E-state index contributed by atoms with van der Waals surface area (Å²) in [6.07, 6.45) is 0. The fourth-order valence-corrected chi connectivity index (χ4v) is 2.70. The number of ether oxygens (including phenoxy) is 2. The summed E-state index contributed by atoms with van der Waals surface area (Å²) in [5.41, 5.74) is 1.29. The fourth-order valence-electron chi connectivity index (χ4n) is 2.70. The van der Waals surface area contributed by atoms with Crippen LogP contribution in [-0.2, 0) is 4.74 Å². The number of rotatable bonds is 9. The summed E-state index contributed by atoms with van der Waals surface area (Å²) in [4.78, 5) is 7.39. The van der Waals surface area contributed by atoms with E-state index in [1.807, 2.05) is 12.1 Å². The largest absolute Gasteiger partial charge is 0.491 e. The van der Waals surface area contributed by atoms with Gasteiger partial charge in [0.2, 0.25) is 0 Å². The molecule has 0 aliphatic carbocycles. The first-order valence-corrected chi connectivity index (χ1v) is 8.60. The molecule has 1 saturated heterocycles. The van der Waals surface area contributed by atoms with Crippen molar-refractivity contribution in [1.82, 2.24) is 9.80 Å². The highest BCUT2D eigenvalue weighted by Gasteiger charge is 2.17. The van der Waals surface area contributed by atoms with Crippen LogP contribution in [0.5, 0.6) is 5.75 Å². The molecule has 1 heterocycles. The molecule has 0 aromatic heterocycles. The second-order valence-electron chi connectivity index (χ2n) is 6.06. The summed E-state index contributed by atoms with van der Waals surface area (Å²) in [6.45, 7) is 11.4. The maximum Gasteiger partial charge on any atom is 0.119 e. The van der Waals surface area contributed by atoms with Crippen molar-refractivity contribution in [1.29, 1.82) is 0 Å². The van der Waals surface area contributed by atoms with E-state index in [1.54, 1.807) is 7.11 Å². The van der Waals surface area contributed by atoms with Gasteiger partial charge in [0, 0.05) is 52.1 Å². The molecule has 1 fully saturated rings. The minimum absolute atomic E-state index is 0.598. The van der Waals surface area contributed by atoms with E-state index in [0.717, 1.165) is 45.0 Å². The lowest BCUT2D eigenvalue weighted by Gasteiger charge is -2.36. The SMILES string of the molecule is CCN(C)CCN1CCN(c2ccc(OCCOC)cc2)CC1. The van der Waals surface area contributed by atoms with Crippen LogP contribution in [0.4, 0.5) is 5.69 Å². The molecule has 0 spiro atoms. The maximum absolute atomic E-state index is 5.61. The number of methoxy groups -OCH3 is 1. The quantitative estimate of drug-likeness (QED) is 0.647. The van der Waals surface area contributed by atoms with Crippen molar-refractivity contribution in [3.05, 3.63) is 24.3 Å². The summed E-state index contributed by atoms with van der Waals surface area (Å²) in [7, 11) is 3.87. The van der Waals surface area contributed by atoms with Gasteiger partial charge in [-0.2, -0.15) is 0 Å². The Morgan fingerprint density at radius 1 is 1.04 bits per heavy atom. The molecular weight excluding hydrogens is 290 g/mol. The van der Waals surface area contributed by atoms with Crippen LogP contribution in [-0.4, -0.2) is 83.0 Å². The molecule has 1 aromatic carbocycles. The number of benzene rings is 1. The van der Waals surface area contributed by atoms with E-state index in [4.69, 9.17) is 9.47 Å². The number of piperazine rings is 1. The Morgan fingerprint density at radius 2 is 1.74 bits per heavy atom. The Labute approximate surface area is 140 Å². The normalized spacial score (nSPS) is 16.1. The third-order valence-corrected chi connectivity index (χ3v) is 4.47. The molecule has 0 radical (unpaired) electrons. The van der Waals surface area contributed by atoms with E-state index in [-0.39, 0.29) is 0 Å². The third kappa shape index (κ3) is 6.01. The van der Waals surface area contributed by atoms with Gasteiger partial charge in [0.1, 0.15) is 12.4 Å². The zero-order chi connectivity index (χ0) is 16.5. The molecule has 130 valence electrons. The Balaban J connectivity index is 1.74. The van der Waals surface area contributed by atoms with Crippen molar-refractivity contribution in [3.63, 3.8) is 0 Å². The summed E-state index contributed by atoms with van der Waals surface area (Å²) in [5, 5.41) is 0. The smallest absolute Gasteiger partial charge is 0.119 e. The average molecular weight is 321 g/mol. The molecular formula is C18H31N3O2. The molecule has 2 rings (SSSR count). The van der Waals surface area contributed by atoms with Crippen LogP contribution in [0.25, 0.3) is 0 Å². The number of likely N-dealkylation sites (N-methyl/N-ethyl adjacent to an activating group) is 1. The lowest BCUT2D eigenvalue weighted by molar-refractivity contribution is 0.146. The predicted octanol–water partition coefficient (Wildman–Crippen LogP) is 1.79. The highest BCUT2D eigenvalue weighted by Crippen LogP contribution is 2.20. The Hall–Kier alpha value is -1.30. The molecule has 5 heteroatoms. The van der Waals surface area contributed by atoms with E-state index in [0.29, 0.717) is 13.2 Å². The molecule has 0 unspecified atom stereocenters. The number of anilines is 1. The van der Waals surface area contributed by atoms with Crippen LogP contribution in [0.15, 0.2) is 24.3 Å². The van der Waals surface area contributed by atoms with E-state index < -0.39 is 0 Å². The molecule has 23 heavy (non-hydrogen) atoms. The van der Waals surface area contributed by atoms with Gasteiger partial charge in [-0.3, -0.25) is 4.90 Å². The second-order valence-corrected chi connectivity index (χ2v) is 6.06. The fraction of sp³-hybridized carbons (Fsp3) is 0.667. The molecule has 1 aliphatic heterocycles. The van der Waals surface area contributed by atoms with Gasteiger partial charge in [0.05, 0.1) is 6.61 Å². The average Bonchev–Trinajstić information content (AvgIpc) is 2.61. The van der Waals surface area contributed by atoms with E-state index in [9.17, 15) is 0 Å². The lowest BCUT2D eigenvalue weighted by Crippen LogP contribution is -2.48. The maximum atomic E-state index is 5.61. The Bertz CT molecular complexity index is 430. The van der Waals surface area contributed by atoms with Gasteiger partial charge in [-0.1, -0.05) is 6.92 Å². The minimum atomic E-state index is 0.598. The molecule has 0 N–H and O–H groups in total.